The molecular formula is C59H90N16O13S. The third-order valence-corrected chi connectivity index (χ3v) is 17.5. The maximum atomic E-state index is 14.6. The van der Waals surface area contributed by atoms with Gasteiger partial charge in [-0.2, -0.15) is 11.8 Å². The van der Waals surface area contributed by atoms with Crippen molar-refractivity contribution in [3.8, 4) is 0 Å². The van der Waals surface area contributed by atoms with Gasteiger partial charge in [0.2, 0.25) is 53.2 Å². The number of urea groups is 1. The molecule has 11 amide bonds. The van der Waals surface area contributed by atoms with E-state index in [0.717, 1.165) is 35.9 Å². The van der Waals surface area contributed by atoms with Crippen molar-refractivity contribution in [2.45, 2.75) is 170 Å². The number of benzene rings is 1. The summed E-state index contributed by atoms with van der Waals surface area (Å²) in [5.74, 6) is -4.69. The zero-order chi connectivity index (χ0) is 63.7. The van der Waals surface area contributed by atoms with Crippen molar-refractivity contribution in [1.29, 1.82) is 0 Å². The first-order valence-electron chi connectivity index (χ1n) is 31.2. The number of hydrogen-bond donors (Lipinski definition) is 12. The largest absolute Gasteiger partial charge is 0.377 e. The number of ether oxygens (including phenoxy) is 3. The highest BCUT2D eigenvalue weighted by atomic mass is 32.2. The van der Waals surface area contributed by atoms with Crippen LogP contribution in [0.2, 0.25) is 0 Å². The molecule has 4 aliphatic heterocycles. The number of nitrogens with two attached hydrogens (primary N) is 2. The van der Waals surface area contributed by atoms with Gasteiger partial charge in [0.1, 0.15) is 42.9 Å². The number of hydrogen-bond acceptors (Lipinski definition) is 17. The topological polar surface area (TPSA) is 408 Å². The van der Waals surface area contributed by atoms with Crippen molar-refractivity contribution >= 4 is 81.9 Å². The summed E-state index contributed by atoms with van der Waals surface area (Å²) in [5.41, 5.74) is 13.5. The molecule has 3 aromatic rings. The molecule has 4 aliphatic rings. The van der Waals surface area contributed by atoms with E-state index >= 15 is 0 Å². The van der Waals surface area contributed by atoms with Crippen molar-refractivity contribution in [3.05, 3.63) is 47.9 Å². The normalized spacial score (nSPS) is 24.3. The lowest BCUT2D eigenvalue weighted by molar-refractivity contribution is -0.142. The summed E-state index contributed by atoms with van der Waals surface area (Å²) >= 11 is 1.85. The molecule has 1 aromatic carbocycles. The number of nitrogens with zero attached hydrogens (tertiary/aromatic N) is 4. The summed E-state index contributed by atoms with van der Waals surface area (Å²) in [4.78, 5) is 140. The molecule has 3 fully saturated rings. The number of primary amides is 1. The van der Waals surface area contributed by atoms with E-state index in [4.69, 9.17) is 25.7 Å². The van der Waals surface area contributed by atoms with Crippen molar-refractivity contribution in [2.75, 3.05) is 71.6 Å². The van der Waals surface area contributed by atoms with E-state index in [9.17, 15) is 47.9 Å². The molecule has 7 rings (SSSR count). The van der Waals surface area contributed by atoms with Crippen molar-refractivity contribution in [2.24, 2.45) is 17.4 Å². The van der Waals surface area contributed by atoms with Crippen LogP contribution in [0.3, 0.4) is 0 Å². The van der Waals surface area contributed by atoms with Crippen LogP contribution in [0, 0.1) is 5.92 Å². The number of para-hydroxylation sites is 1. The van der Waals surface area contributed by atoms with Gasteiger partial charge in [0, 0.05) is 73.2 Å². The van der Waals surface area contributed by atoms with E-state index in [1.54, 1.807) is 12.4 Å². The number of H-pyrrole nitrogens is 1. The summed E-state index contributed by atoms with van der Waals surface area (Å²) in [6.07, 6.45) is 9.18. The van der Waals surface area contributed by atoms with Gasteiger partial charge in [-0.25, -0.2) is 4.79 Å². The molecule has 3 saturated heterocycles. The van der Waals surface area contributed by atoms with Crippen LogP contribution in [0.15, 0.2) is 36.7 Å². The number of carbonyl (C=O) groups excluding carboxylic acids is 10. The van der Waals surface area contributed by atoms with Gasteiger partial charge in [-0.3, -0.25) is 47.8 Å². The van der Waals surface area contributed by atoms with Gasteiger partial charge < -0.3 is 83.4 Å². The van der Waals surface area contributed by atoms with Gasteiger partial charge >= 0.3 is 6.03 Å². The van der Waals surface area contributed by atoms with Gasteiger partial charge in [-0.15, -0.1) is 5.10 Å². The van der Waals surface area contributed by atoms with Crippen LogP contribution in [0.4, 0.5) is 4.79 Å². The van der Waals surface area contributed by atoms with E-state index in [0.29, 0.717) is 87.7 Å². The number of nitrogens with one attached hydrogen (secondary N) is 10. The zero-order valence-corrected chi connectivity index (χ0v) is 51.8. The van der Waals surface area contributed by atoms with E-state index in [-0.39, 0.29) is 95.0 Å². The fraction of sp³-hybridized carbons (Fsp3) is 0.661. The minimum atomic E-state index is -1.30. The Morgan fingerprint density at radius 3 is 2.33 bits per heavy atom. The molecule has 9 atom stereocenters. The lowest BCUT2D eigenvalue weighted by Gasteiger charge is -2.30. The number of unbranched alkanes of at least 4 members (excludes halogenated alkanes) is 2. The SMILES string of the molecule is CC(C)C[C@@H]1NC(=O)[C@@H](NC(=O)COCCOCCOCCNC(=O)CCCC[C@@H]2SC[C@@H]3NC(=O)N[C@@H]32)Cc2cn(nn2)CCCC[C@@H](C(N)=O)NC(=O)[C@@H]2CCCN2C(=O)[C@H](Cc2c[nH]c3ccccc23)NC(=O)CNC(=O)[C@H](CCCCN)NC1=O. The van der Waals surface area contributed by atoms with Crippen LogP contribution in [0.5, 0.6) is 0 Å². The Morgan fingerprint density at radius 2 is 1.54 bits per heavy atom. The highest BCUT2D eigenvalue weighted by Gasteiger charge is 2.43. The Labute approximate surface area is 522 Å². The van der Waals surface area contributed by atoms with Crippen LogP contribution < -0.4 is 59.3 Å². The predicted octanol–water partition coefficient (Wildman–Crippen LogP) is -1.19. The first-order valence-corrected chi connectivity index (χ1v) is 32.2. The Kier molecular flexibility index (Phi) is 27.7. The molecule has 14 N–H and O–H groups in total. The Hall–Kier alpha value is -7.41. The molecule has 0 radical (unpaired) electrons. The summed E-state index contributed by atoms with van der Waals surface area (Å²) in [5, 5.41) is 34.9. The van der Waals surface area contributed by atoms with Gasteiger partial charge in [0.25, 0.3) is 0 Å². The molecule has 6 heterocycles. The molecule has 2 bridgehead atoms. The first-order chi connectivity index (χ1) is 43.0. The number of aromatic amines is 1. The average Bonchev–Trinajstić information content (AvgIpc) is 2.73. The third kappa shape index (κ3) is 21.9. The van der Waals surface area contributed by atoms with Gasteiger partial charge in [-0.1, -0.05) is 43.7 Å². The van der Waals surface area contributed by atoms with Gasteiger partial charge in [0.15, 0.2) is 0 Å². The molecule has 0 spiro atoms. The van der Waals surface area contributed by atoms with E-state index in [2.05, 4.69) is 63.1 Å². The number of carbonyl (C=O) groups is 10. The lowest BCUT2D eigenvalue weighted by atomic mass is 10.0. The van der Waals surface area contributed by atoms with E-state index in [1.165, 1.54) is 9.58 Å². The monoisotopic (exact) mass is 1260 g/mol. The first kappa shape index (κ1) is 69.1. The lowest BCUT2D eigenvalue weighted by Crippen LogP contribution is -2.58. The van der Waals surface area contributed by atoms with Crippen LogP contribution in [-0.4, -0.2) is 209 Å². The Balaban J connectivity index is 0.948. The number of aryl methyl sites for hydroxylation is 1. The molecule has 0 unspecified atom stereocenters. The van der Waals surface area contributed by atoms with Crippen LogP contribution >= 0.6 is 11.8 Å². The van der Waals surface area contributed by atoms with Crippen LogP contribution in [0.25, 0.3) is 10.9 Å². The van der Waals surface area contributed by atoms with E-state index in [1.807, 2.05) is 49.9 Å². The molecule has 29 nitrogen and oxygen atoms in total. The smallest absolute Gasteiger partial charge is 0.315 e. The standard InChI is InChI=1S/C59H90N16O13S/c1-36(2)28-43-55(81)68-42(15-7-9-19-60)54(80)64-32-50(77)66-45(29-37-31-63-40-13-4-3-12-39(37)40)58(84)75-22-11-16-47(75)57(83)67-41(53(61)79)14-8-10-21-74-33-38(72-73-74)30-44(56(82)69-43)65-51(78)34-88-27-26-87-25-24-86-23-20-62-49(76)18-6-5-17-48-52-46(35-89-48)70-59(85)71-52/h3-4,12-13,31,33,36,41-48,52,63H,5-11,14-30,32,34-35,60H2,1-2H3,(H2,61,79)(H,62,76)(H,64,80)(H,65,78)(H,66,77)(H,67,83)(H,68,81)(H,69,82)(H2,70,71,85)/t41-,42-,43-,44-,45-,46-,47-,48-,52-/m0/s1. The maximum Gasteiger partial charge on any atom is 0.315 e. The highest BCUT2D eigenvalue weighted by molar-refractivity contribution is 8.00. The van der Waals surface area contributed by atoms with Crippen molar-refractivity contribution < 1.29 is 62.2 Å². The van der Waals surface area contributed by atoms with Crippen LogP contribution in [0.1, 0.15) is 109 Å². The summed E-state index contributed by atoms with van der Waals surface area (Å²) in [7, 11) is 0. The number of rotatable bonds is 26. The second-order valence-electron chi connectivity index (χ2n) is 23.4. The molecular weight excluding hydrogens is 1170 g/mol. The third-order valence-electron chi connectivity index (χ3n) is 16.0. The predicted molar refractivity (Wildman–Crippen MR) is 328 cm³/mol. The quantitative estimate of drug-likeness (QED) is 0.0332. The van der Waals surface area contributed by atoms with Crippen molar-refractivity contribution in [3.63, 3.8) is 0 Å². The number of amides is 11. The summed E-state index contributed by atoms with van der Waals surface area (Å²) in [6, 6.07) is 0.749. The van der Waals surface area contributed by atoms with Crippen molar-refractivity contribution in [1.82, 2.24) is 72.7 Å². The molecule has 30 heteroatoms. The number of fused-ring (bicyclic) bond motifs is 5. The average molecular weight is 1260 g/mol. The zero-order valence-electron chi connectivity index (χ0n) is 51.0. The van der Waals surface area contributed by atoms with Gasteiger partial charge in [-0.05, 0) is 94.7 Å². The van der Waals surface area contributed by atoms with Crippen LogP contribution in [-0.2, 0) is 76.7 Å². The summed E-state index contributed by atoms with van der Waals surface area (Å²) < 4.78 is 18.3. The Morgan fingerprint density at radius 1 is 0.775 bits per heavy atom. The molecule has 0 aliphatic carbocycles. The molecule has 89 heavy (non-hydrogen) atoms. The van der Waals surface area contributed by atoms with Gasteiger partial charge in [0.05, 0.1) is 57.4 Å². The molecule has 0 saturated carbocycles. The Bertz CT molecular complexity index is 2870. The summed E-state index contributed by atoms with van der Waals surface area (Å²) in [6.45, 7) is 4.76. The number of aromatic nitrogens is 4. The highest BCUT2D eigenvalue weighted by Crippen LogP contribution is 2.33. The maximum absolute atomic E-state index is 14.6. The number of thioether (sulfide) groups is 1. The minimum absolute atomic E-state index is 0.0235. The minimum Gasteiger partial charge on any atom is -0.377 e. The fourth-order valence-electron chi connectivity index (χ4n) is 11.4. The molecule has 2 aromatic heterocycles. The second kappa shape index (κ2) is 35.7. The van der Waals surface area contributed by atoms with E-state index < -0.39 is 96.7 Å². The second-order valence-corrected chi connectivity index (χ2v) is 24.7. The fourth-order valence-corrected chi connectivity index (χ4v) is 12.9. The molecule has 490 valence electrons.